The zero-order chi connectivity index (χ0) is 25.8. The fourth-order valence-electron chi connectivity index (χ4n) is 6.34. The molecule has 2 N–H and O–H groups in total. The van der Waals surface area contributed by atoms with Gasteiger partial charge in [0.25, 0.3) is 0 Å². The van der Waals surface area contributed by atoms with Gasteiger partial charge in [-0.3, -0.25) is 14.4 Å². The van der Waals surface area contributed by atoms with Gasteiger partial charge < -0.3 is 10.1 Å². The van der Waals surface area contributed by atoms with Crippen LogP contribution in [-0.4, -0.2) is 44.1 Å². The fraction of sp³-hybridized carbons (Fsp3) is 0.552. The van der Waals surface area contributed by atoms with Crippen molar-refractivity contribution in [3.8, 4) is 11.5 Å². The molecule has 5 rings (SSSR count). The van der Waals surface area contributed by atoms with Crippen LogP contribution in [0.2, 0.25) is 0 Å². The van der Waals surface area contributed by atoms with Crippen LogP contribution in [0.5, 0.6) is 11.5 Å². The molecule has 1 amide bonds. The Balaban J connectivity index is 1.11. The van der Waals surface area contributed by atoms with Gasteiger partial charge in [-0.1, -0.05) is 31.4 Å². The van der Waals surface area contributed by atoms with E-state index in [2.05, 4.69) is 27.1 Å². The summed E-state index contributed by atoms with van der Waals surface area (Å²) in [7, 11) is -3.30. The smallest absolute Gasteiger partial charge is 0.229 e. The number of sulfonamides is 1. The lowest BCUT2D eigenvalue weighted by molar-refractivity contribution is -0.127. The topological polar surface area (TPSA) is 87.7 Å². The van der Waals surface area contributed by atoms with Gasteiger partial charge >= 0.3 is 0 Å². The molecule has 2 unspecified atom stereocenters. The molecular weight excluding hydrogens is 486 g/mol. The minimum atomic E-state index is -3.30. The molecule has 2 aliphatic heterocycles. The highest BCUT2D eigenvalue weighted by atomic mass is 32.2. The second-order valence-electron chi connectivity index (χ2n) is 11.1. The number of nitrogens with zero attached hydrogens (tertiary/aromatic N) is 1. The number of rotatable bonds is 9. The summed E-state index contributed by atoms with van der Waals surface area (Å²) in [6.07, 6.45) is 11.9. The van der Waals surface area contributed by atoms with E-state index in [0.29, 0.717) is 29.4 Å². The van der Waals surface area contributed by atoms with Gasteiger partial charge in [-0.15, -0.1) is 0 Å². The molecule has 200 valence electrons. The number of fused-ring (bicyclic) bond motifs is 2. The minimum Gasteiger partial charge on any atom is -0.457 e. The molecule has 0 spiro atoms. The van der Waals surface area contributed by atoms with Crippen LogP contribution < -0.4 is 14.8 Å². The van der Waals surface area contributed by atoms with E-state index in [1.54, 1.807) is 24.3 Å². The molecule has 1 aliphatic carbocycles. The molecule has 3 aliphatic rings. The lowest BCUT2D eigenvalue weighted by atomic mass is 9.87. The van der Waals surface area contributed by atoms with Crippen molar-refractivity contribution in [1.82, 2.24) is 10.2 Å². The monoisotopic (exact) mass is 525 g/mol. The Morgan fingerprint density at radius 3 is 2.08 bits per heavy atom. The van der Waals surface area contributed by atoms with Crippen LogP contribution in [0.4, 0.5) is 5.69 Å². The van der Waals surface area contributed by atoms with E-state index >= 15 is 0 Å². The maximum Gasteiger partial charge on any atom is 0.229 e. The SMILES string of the molecule is CS(=O)(=O)Nc1ccc(Oc2ccc(CN3C4CCC3CC(C(=O)NCC3CCCCC3)C4)cc2)cc1. The molecule has 2 aromatic rings. The number of hydrogen-bond donors (Lipinski definition) is 2. The predicted octanol–water partition coefficient (Wildman–Crippen LogP) is 5.29. The summed E-state index contributed by atoms with van der Waals surface area (Å²) < 4.78 is 31.1. The third-order valence-corrected chi connectivity index (χ3v) is 8.83. The average Bonchev–Trinajstić information content (AvgIpc) is 3.10. The van der Waals surface area contributed by atoms with Gasteiger partial charge in [0.15, 0.2) is 0 Å². The quantitative estimate of drug-likeness (QED) is 0.465. The molecule has 2 atom stereocenters. The molecule has 2 heterocycles. The normalized spacial score (nSPS) is 24.5. The van der Waals surface area contributed by atoms with Gasteiger partial charge in [-0.05, 0) is 86.4 Å². The molecule has 1 saturated carbocycles. The molecule has 0 aromatic heterocycles. The Bertz CT molecular complexity index is 1150. The van der Waals surface area contributed by atoms with E-state index in [9.17, 15) is 13.2 Å². The number of ether oxygens (including phenoxy) is 1. The highest BCUT2D eigenvalue weighted by Gasteiger charge is 2.42. The number of piperidine rings is 1. The Kier molecular flexibility index (Phi) is 8.05. The van der Waals surface area contributed by atoms with Crippen LogP contribution >= 0.6 is 0 Å². The van der Waals surface area contributed by atoms with E-state index in [1.165, 1.54) is 50.5 Å². The van der Waals surface area contributed by atoms with Crippen LogP contribution in [0.25, 0.3) is 0 Å². The molecule has 2 saturated heterocycles. The van der Waals surface area contributed by atoms with Crippen molar-refractivity contribution in [3.63, 3.8) is 0 Å². The van der Waals surface area contributed by atoms with Gasteiger partial charge in [0.2, 0.25) is 15.9 Å². The fourth-order valence-corrected chi connectivity index (χ4v) is 6.91. The van der Waals surface area contributed by atoms with E-state index in [0.717, 1.165) is 37.9 Å². The molecule has 7 nitrogen and oxygen atoms in total. The zero-order valence-electron chi connectivity index (χ0n) is 21.7. The Morgan fingerprint density at radius 1 is 0.892 bits per heavy atom. The van der Waals surface area contributed by atoms with Crippen LogP contribution in [0.3, 0.4) is 0 Å². The lowest BCUT2D eigenvalue weighted by Crippen LogP contribution is -2.47. The van der Waals surface area contributed by atoms with Crippen molar-refractivity contribution in [1.29, 1.82) is 0 Å². The number of benzene rings is 2. The summed E-state index contributed by atoms with van der Waals surface area (Å²) in [5, 5.41) is 3.29. The van der Waals surface area contributed by atoms with Crippen molar-refractivity contribution >= 4 is 21.6 Å². The standard InChI is InChI=1S/C29H39N3O4S/c1-37(34,35)31-24-9-15-28(16-10-24)36-27-13-7-22(8-14-27)20-32-25-11-12-26(32)18-23(17-25)29(33)30-19-21-5-3-2-4-6-21/h7-10,13-16,21,23,25-26,31H,2-6,11-12,17-20H2,1H3,(H,30,33). The van der Waals surface area contributed by atoms with Crippen molar-refractivity contribution in [2.75, 3.05) is 17.5 Å². The first-order chi connectivity index (χ1) is 17.8. The highest BCUT2D eigenvalue weighted by molar-refractivity contribution is 7.92. The molecule has 3 fully saturated rings. The van der Waals surface area contributed by atoms with Crippen LogP contribution in [0, 0.1) is 11.8 Å². The van der Waals surface area contributed by atoms with Gasteiger partial charge in [0.05, 0.1) is 6.26 Å². The summed E-state index contributed by atoms with van der Waals surface area (Å²) in [5.74, 6) is 2.51. The third-order valence-electron chi connectivity index (χ3n) is 8.23. The molecule has 37 heavy (non-hydrogen) atoms. The van der Waals surface area contributed by atoms with Gasteiger partial charge in [-0.25, -0.2) is 8.42 Å². The maximum atomic E-state index is 12.9. The Hall–Kier alpha value is -2.58. The number of carbonyl (C=O) groups excluding carboxylic acids is 1. The lowest BCUT2D eigenvalue weighted by Gasteiger charge is -2.38. The average molecular weight is 526 g/mol. The molecule has 0 radical (unpaired) electrons. The summed E-state index contributed by atoms with van der Waals surface area (Å²) >= 11 is 0. The molecule has 2 bridgehead atoms. The molecular formula is C29H39N3O4S. The molecule has 8 heteroatoms. The number of anilines is 1. The summed E-state index contributed by atoms with van der Waals surface area (Å²) in [6, 6.07) is 16.0. The first-order valence-corrected chi connectivity index (χ1v) is 15.6. The zero-order valence-corrected chi connectivity index (χ0v) is 22.5. The number of nitrogens with one attached hydrogen (secondary N) is 2. The van der Waals surface area contributed by atoms with E-state index in [1.807, 2.05) is 12.1 Å². The van der Waals surface area contributed by atoms with E-state index < -0.39 is 10.0 Å². The van der Waals surface area contributed by atoms with Crippen molar-refractivity contribution in [2.45, 2.75) is 76.4 Å². The third kappa shape index (κ3) is 7.05. The van der Waals surface area contributed by atoms with Crippen molar-refractivity contribution < 1.29 is 17.9 Å². The number of amides is 1. The summed E-state index contributed by atoms with van der Waals surface area (Å²) in [4.78, 5) is 15.5. The summed E-state index contributed by atoms with van der Waals surface area (Å²) in [6.45, 7) is 1.77. The second-order valence-corrected chi connectivity index (χ2v) is 12.9. The first kappa shape index (κ1) is 26.0. The van der Waals surface area contributed by atoms with E-state index in [4.69, 9.17) is 4.74 Å². The van der Waals surface area contributed by atoms with Crippen molar-refractivity contribution in [3.05, 3.63) is 54.1 Å². The van der Waals surface area contributed by atoms with Crippen molar-refractivity contribution in [2.24, 2.45) is 11.8 Å². The van der Waals surface area contributed by atoms with Gasteiger partial charge in [-0.2, -0.15) is 0 Å². The first-order valence-electron chi connectivity index (χ1n) is 13.7. The number of hydrogen-bond acceptors (Lipinski definition) is 5. The summed E-state index contributed by atoms with van der Waals surface area (Å²) in [5.41, 5.74) is 1.75. The van der Waals surface area contributed by atoms with Crippen LogP contribution in [-0.2, 0) is 21.4 Å². The second kappa shape index (κ2) is 11.4. The van der Waals surface area contributed by atoms with E-state index in [-0.39, 0.29) is 11.8 Å². The van der Waals surface area contributed by atoms with Gasteiger partial charge in [0, 0.05) is 36.8 Å². The van der Waals surface area contributed by atoms with Gasteiger partial charge in [0.1, 0.15) is 11.5 Å². The molecule has 2 aromatic carbocycles. The minimum absolute atomic E-state index is 0.159. The predicted molar refractivity (Wildman–Crippen MR) is 146 cm³/mol. The maximum absolute atomic E-state index is 12.9. The largest absolute Gasteiger partial charge is 0.457 e. The Labute approximate surface area is 221 Å². The van der Waals surface area contributed by atoms with Crippen LogP contribution in [0.1, 0.15) is 63.4 Å². The Morgan fingerprint density at radius 2 is 1.49 bits per heavy atom. The highest BCUT2D eigenvalue weighted by Crippen LogP contribution is 2.40. The number of carbonyl (C=O) groups is 1. The van der Waals surface area contributed by atoms with Crippen LogP contribution in [0.15, 0.2) is 48.5 Å².